The third-order valence-corrected chi connectivity index (χ3v) is 1.45. The Kier molecular flexibility index (Phi) is 2.59. The van der Waals surface area contributed by atoms with Crippen LogP contribution in [0.1, 0.15) is 11.5 Å². The van der Waals surface area contributed by atoms with Crippen LogP contribution in [0.5, 0.6) is 0 Å². The van der Waals surface area contributed by atoms with E-state index in [1.807, 2.05) is 0 Å². The van der Waals surface area contributed by atoms with Crippen molar-refractivity contribution in [3.63, 3.8) is 0 Å². The Bertz CT molecular complexity index is 324. The molecule has 1 aromatic rings. The molecule has 0 aromatic carbocycles. The van der Waals surface area contributed by atoms with Gasteiger partial charge in [0.1, 0.15) is 12.2 Å². The molecule has 0 saturated heterocycles. The Hall–Kier alpha value is -1.40. The summed E-state index contributed by atoms with van der Waals surface area (Å²) in [6, 6.07) is 0. The minimum Gasteiger partial charge on any atom is -0.381 e. The number of rotatable bonds is 1. The summed E-state index contributed by atoms with van der Waals surface area (Å²) in [6.07, 6.45) is -5.73. The van der Waals surface area contributed by atoms with E-state index in [0.29, 0.717) is 0 Å². The van der Waals surface area contributed by atoms with Crippen molar-refractivity contribution < 1.29 is 17.6 Å². The summed E-state index contributed by atoms with van der Waals surface area (Å²) in [7, 11) is 0. The van der Waals surface area contributed by atoms with Gasteiger partial charge in [0.15, 0.2) is 11.6 Å². The van der Waals surface area contributed by atoms with Gasteiger partial charge in [-0.2, -0.15) is 13.2 Å². The Morgan fingerprint density at radius 2 is 1.86 bits per heavy atom. The second-order valence-corrected chi connectivity index (χ2v) is 2.72. The van der Waals surface area contributed by atoms with Crippen LogP contribution < -0.4 is 5.73 Å². The molecule has 0 aliphatic carbocycles. The van der Waals surface area contributed by atoms with Gasteiger partial charge in [-0.3, -0.25) is 0 Å². The van der Waals surface area contributed by atoms with Crippen molar-refractivity contribution in [2.75, 3.05) is 5.73 Å². The third kappa shape index (κ3) is 2.54. The van der Waals surface area contributed by atoms with Gasteiger partial charge in [0.25, 0.3) is 0 Å². The molecule has 14 heavy (non-hydrogen) atoms. The SMILES string of the molecule is Cc1nc(CC(F)(F)F)nc(N)c1F. The first-order valence-corrected chi connectivity index (χ1v) is 3.65. The van der Waals surface area contributed by atoms with E-state index in [-0.39, 0.29) is 5.69 Å². The number of halogens is 4. The predicted molar refractivity (Wildman–Crippen MR) is 40.9 cm³/mol. The van der Waals surface area contributed by atoms with Crippen molar-refractivity contribution in [3.05, 3.63) is 17.3 Å². The van der Waals surface area contributed by atoms with Crippen LogP contribution >= 0.6 is 0 Å². The zero-order valence-electron chi connectivity index (χ0n) is 7.19. The fraction of sp³-hybridized carbons (Fsp3) is 0.429. The molecule has 1 rings (SSSR count). The molecule has 7 heteroatoms. The highest BCUT2D eigenvalue weighted by Crippen LogP contribution is 2.20. The van der Waals surface area contributed by atoms with Gasteiger partial charge >= 0.3 is 6.18 Å². The lowest BCUT2D eigenvalue weighted by Gasteiger charge is -2.06. The molecule has 0 bridgehead atoms. The summed E-state index contributed by atoms with van der Waals surface area (Å²) in [5, 5.41) is 0. The molecule has 0 unspecified atom stereocenters. The number of alkyl halides is 3. The van der Waals surface area contributed by atoms with Gasteiger partial charge < -0.3 is 5.73 Å². The molecule has 3 nitrogen and oxygen atoms in total. The second-order valence-electron chi connectivity index (χ2n) is 2.72. The van der Waals surface area contributed by atoms with Gasteiger partial charge in [0.2, 0.25) is 0 Å². The molecular weight excluding hydrogens is 202 g/mol. The molecule has 2 N–H and O–H groups in total. The normalized spacial score (nSPS) is 11.8. The van der Waals surface area contributed by atoms with Gasteiger partial charge in [-0.25, -0.2) is 14.4 Å². The number of anilines is 1. The van der Waals surface area contributed by atoms with Gasteiger partial charge in [0, 0.05) is 0 Å². The van der Waals surface area contributed by atoms with Crippen LogP contribution in [-0.4, -0.2) is 16.1 Å². The standard InChI is InChI=1S/C7H7F4N3/c1-3-5(8)6(12)14-4(13-3)2-7(9,10)11/h2H2,1H3,(H2,12,13,14). The maximum Gasteiger partial charge on any atom is 0.396 e. The van der Waals surface area contributed by atoms with E-state index in [9.17, 15) is 17.6 Å². The number of hydrogen-bond acceptors (Lipinski definition) is 3. The lowest BCUT2D eigenvalue weighted by molar-refractivity contribution is -0.128. The molecule has 0 aliphatic heterocycles. The summed E-state index contributed by atoms with van der Waals surface area (Å²) >= 11 is 0. The number of nitrogen functional groups attached to an aromatic ring is 1. The largest absolute Gasteiger partial charge is 0.396 e. The van der Waals surface area contributed by atoms with Crippen LogP contribution in [0.2, 0.25) is 0 Å². The van der Waals surface area contributed by atoms with Crippen molar-refractivity contribution >= 4 is 5.82 Å². The van der Waals surface area contributed by atoms with Crippen molar-refractivity contribution in [1.82, 2.24) is 9.97 Å². The van der Waals surface area contributed by atoms with E-state index in [1.165, 1.54) is 6.92 Å². The monoisotopic (exact) mass is 209 g/mol. The Morgan fingerprint density at radius 1 is 1.29 bits per heavy atom. The minimum atomic E-state index is -4.42. The Morgan fingerprint density at radius 3 is 2.29 bits per heavy atom. The molecule has 0 radical (unpaired) electrons. The van der Waals surface area contributed by atoms with Crippen LogP contribution in [0, 0.1) is 12.7 Å². The van der Waals surface area contributed by atoms with Crippen molar-refractivity contribution in [1.29, 1.82) is 0 Å². The molecule has 0 amide bonds. The zero-order valence-corrected chi connectivity index (χ0v) is 7.19. The summed E-state index contributed by atoms with van der Waals surface area (Å²) in [5.74, 6) is -1.96. The lowest BCUT2D eigenvalue weighted by Crippen LogP contribution is -2.16. The third-order valence-electron chi connectivity index (χ3n) is 1.45. The Labute approximate surface area is 77.0 Å². The second kappa shape index (κ2) is 3.39. The van der Waals surface area contributed by atoms with Crippen LogP contribution in [0.25, 0.3) is 0 Å². The van der Waals surface area contributed by atoms with E-state index in [0.717, 1.165) is 0 Å². The average Bonchev–Trinajstić information content (AvgIpc) is 1.96. The molecule has 0 atom stereocenters. The van der Waals surface area contributed by atoms with Gasteiger partial charge in [0.05, 0.1) is 5.69 Å². The van der Waals surface area contributed by atoms with Crippen LogP contribution in [0.4, 0.5) is 23.4 Å². The van der Waals surface area contributed by atoms with E-state index in [4.69, 9.17) is 5.73 Å². The fourth-order valence-corrected chi connectivity index (χ4v) is 0.899. The topological polar surface area (TPSA) is 51.8 Å². The quantitative estimate of drug-likeness (QED) is 0.715. The number of nitrogens with zero attached hydrogens (tertiary/aromatic N) is 2. The minimum absolute atomic E-state index is 0.184. The molecule has 0 fully saturated rings. The summed E-state index contributed by atoms with van der Waals surface area (Å²) in [5.41, 5.74) is 4.86. The molecule has 1 aromatic heterocycles. The predicted octanol–water partition coefficient (Wildman–Crippen LogP) is 1.61. The smallest absolute Gasteiger partial charge is 0.381 e. The first-order valence-electron chi connectivity index (χ1n) is 3.65. The molecule has 0 saturated carbocycles. The van der Waals surface area contributed by atoms with Gasteiger partial charge in [-0.1, -0.05) is 0 Å². The lowest BCUT2D eigenvalue weighted by atomic mass is 10.3. The van der Waals surface area contributed by atoms with Gasteiger partial charge in [-0.05, 0) is 6.92 Å². The number of aromatic nitrogens is 2. The van der Waals surface area contributed by atoms with Crippen molar-refractivity contribution in [2.24, 2.45) is 0 Å². The molecule has 1 heterocycles. The van der Waals surface area contributed by atoms with Crippen molar-refractivity contribution in [2.45, 2.75) is 19.5 Å². The average molecular weight is 209 g/mol. The molecule has 0 spiro atoms. The summed E-state index contributed by atoms with van der Waals surface area (Å²) in [6.45, 7) is 1.23. The summed E-state index contributed by atoms with van der Waals surface area (Å²) in [4.78, 5) is 6.52. The first-order chi connectivity index (χ1) is 6.29. The Balaban J connectivity index is 3.02. The number of nitrogens with two attached hydrogens (primary N) is 1. The maximum absolute atomic E-state index is 12.8. The highest BCUT2D eigenvalue weighted by atomic mass is 19.4. The number of hydrogen-bond donors (Lipinski definition) is 1. The maximum atomic E-state index is 12.8. The van der Waals surface area contributed by atoms with Crippen LogP contribution in [0.3, 0.4) is 0 Å². The van der Waals surface area contributed by atoms with Gasteiger partial charge in [-0.15, -0.1) is 0 Å². The molecule has 0 aliphatic rings. The van der Waals surface area contributed by atoms with E-state index < -0.39 is 30.1 Å². The van der Waals surface area contributed by atoms with Crippen molar-refractivity contribution in [3.8, 4) is 0 Å². The highest BCUT2D eigenvalue weighted by Gasteiger charge is 2.30. The molecular formula is C7H7F4N3. The van der Waals surface area contributed by atoms with Crippen LogP contribution in [-0.2, 0) is 6.42 Å². The van der Waals surface area contributed by atoms with E-state index in [1.54, 1.807) is 0 Å². The zero-order chi connectivity index (χ0) is 10.9. The molecule has 78 valence electrons. The fourth-order valence-electron chi connectivity index (χ4n) is 0.899. The van der Waals surface area contributed by atoms with E-state index in [2.05, 4.69) is 9.97 Å². The summed E-state index contributed by atoms with van der Waals surface area (Å²) < 4.78 is 48.5. The van der Waals surface area contributed by atoms with E-state index >= 15 is 0 Å². The highest BCUT2D eigenvalue weighted by molar-refractivity contribution is 5.32. The first kappa shape index (κ1) is 10.7. The van der Waals surface area contributed by atoms with Crippen LogP contribution in [0.15, 0.2) is 0 Å². The number of aryl methyl sites for hydroxylation is 1.